The van der Waals surface area contributed by atoms with E-state index in [1.54, 1.807) is 7.05 Å². The number of nitrogens with two attached hydrogens (primary N) is 1. The van der Waals surface area contributed by atoms with Crippen molar-refractivity contribution >= 4 is 47.2 Å². The molecule has 3 amide bonds. The number of hydrogen-bond donors (Lipinski definition) is 4. The van der Waals surface area contributed by atoms with E-state index in [0.29, 0.717) is 10.7 Å². The zero-order chi connectivity index (χ0) is 25.5. The maximum absolute atomic E-state index is 13.1. The van der Waals surface area contributed by atoms with Crippen LogP contribution >= 0.6 is 23.5 Å². The van der Waals surface area contributed by atoms with Crippen molar-refractivity contribution in [3.8, 4) is 5.88 Å². The number of nitrogens with one attached hydrogen (secondary N) is 1. The van der Waals surface area contributed by atoms with Crippen molar-refractivity contribution in [2.24, 2.45) is 12.8 Å². The van der Waals surface area contributed by atoms with Crippen LogP contribution in [0.15, 0.2) is 20.9 Å². The largest absolute Gasteiger partial charge is 0.491 e. The predicted molar refractivity (Wildman–Crippen MR) is 116 cm³/mol. The lowest BCUT2D eigenvalue weighted by molar-refractivity contribution is -0.192. The van der Waals surface area contributed by atoms with Gasteiger partial charge in [0.2, 0.25) is 11.1 Å². The summed E-state index contributed by atoms with van der Waals surface area (Å²) in [6, 6.07) is 0. The molecule has 0 bridgehead atoms. The number of primary amides is 1. The van der Waals surface area contributed by atoms with Gasteiger partial charge >= 0.3 is 5.97 Å². The molecule has 186 valence electrons. The number of carbonyl (C=O) groups excluding carboxylic acids is 3. The Morgan fingerprint density at radius 2 is 2.17 bits per heavy atom. The fraction of sp³-hybridized carbons (Fsp3) is 0.412. The van der Waals surface area contributed by atoms with E-state index in [0.717, 1.165) is 4.90 Å². The van der Waals surface area contributed by atoms with E-state index in [1.165, 1.54) is 35.3 Å². The molecule has 0 radical (unpaired) electrons. The lowest BCUT2D eigenvalue weighted by Crippen LogP contribution is -2.80. The van der Waals surface area contributed by atoms with E-state index in [4.69, 9.17) is 15.0 Å². The van der Waals surface area contributed by atoms with Gasteiger partial charge in [0.05, 0.1) is 6.42 Å². The monoisotopic (exact) mass is 526 g/mol. The number of aliphatic carboxylic acids is 1. The quantitative estimate of drug-likeness (QED) is 0.158. The molecule has 4 rings (SSSR count). The lowest BCUT2D eigenvalue weighted by atomic mass is 9.98. The van der Waals surface area contributed by atoms with Gasteiger partial charge in [-0.25, -0.2) is 9.48 Å². The number of amides is 3. The van der Waals surface area contributed by atoms with E-state index in [9.17, 15) is 29.4 Å². The molecule has 1 fully saturated rings. The highest BCUT2D eigenvalue weighted by molar-refractivity contribution is 8.01. The number of aromatic hydroxyl groups is 1. The lowest BCUT2D eigenvalue weighted by Gasteiger charge is -2.55. The van der Waals surface area contributed by atoms with Crippen LogP contribution in [0.4, 0.5) is 0 Å². The molecule has 0 aliphatic carbocycles. The molecule has 2 aliphatic heterocycles. The Morgan fingerprint density at radius 3 is 2.77 bits per heavy atom. The van der Waals surface area contributed by atoms with Crippen molar-refractivity contribution < 1.29 is 38.7 Å². The van der Waals surface area contributed by atoms with Crippen LogP contribution in [0.5, 0.6) is 5.88 Å². The number of β-lactam (4-membered cyclic amide) rings is 1. The Balaban J connectivity index is 1.53. The fourth-order valence-electron chi connectivity index (χ4n) is 3.63. The Labute approximate surface area is 204 Å². The zero-order valence-corrected chi connectivity index (χ0v) is 19.8. The van der Waals surface area contributed by atoms with Gasteiger partial charge in [-0.05, 0) is 21.2 Å². The zero-order valence-electron chi connectivity index (χ0n) is 18.1. The van der Waals surface area contributed by atoms with Crippen molar-refractivity contribution in [1.29, 1.82) is 0 Å². The second kappa shape index (κ2) is 9.19. The molecule has 2 atom stereocenters. The smallest absolute Gasteiger partial charge is 0.352 e. The number of ether oxygens (including phenoxy) is 1. The first kappa shape index (κ1) is 24.5. The summed E-state index contributed by atoms with van der Waals surface area (Å²) in [6.07, 6.45) is -0.586. The minimum absolute atomic E-state index is 0.209. The Kier molecular flexibility index (Phi) is 6.43. The summed E-state index contributed by atoms with van der Waals surface area (Å²) in [5, 5.41) is 35.7. The van der Waals surface area contributed by atoms with Crippen LogP contribution in [-0.2, 0) is 32.6 Å². The maximum atomic E-state index is 13.1. The van der Waals surface area contributed by atoms with E-state index < -0.39 is 52.7 Å². The first-order chi connectivity index (χ1) is 16.6. The summed E-state index contributed by atoms with van der Waals surface area (Å²) in [6.45, 7) is 0. The molecule has 0 unspecified atom stereocenters. The number of thioether (sulfide) groups is 2. The number of carboxylic acids is 1. The highest BCUT2D eigenvalue weighted by atomic mass is 32.2. The SMILES string of the molecule is CO[C@@]1(NC(=O)Cc2onc(O)c2C(N)=O)C(=O)N2C(C(=O)O)=C(CSc3nnnn3C)CS[C@@H]21. The number of fused-ring (bicyclic) bond motifs is 1. The van der Waals surface area contributed by atoms with Crippen molar-refractivity contribution in [1.82, 2.24) is 35.6 Å². The van der Waals surface area contributed by atoms with Crippen molar-refractivity contribution in [2.75, 3.05) is 18.6 Å². The molecular weight excluding hydrogens is 508 g/mol. The van der Waals surface area contributed by atoms with E-state index >= 15 is 0 Å². The molecule has 0 aromatic carbocycles. The summed E-state index contributed by atoms with van der Waals surface area (Å²) in [4.78, 5) is 50.4. The van der Waals surface area contributed by atoms with E-state index in [-0.39, 0.29) is 23.0 Å². The number of hydrogen-bond acceptors (Lipinski definition) is 13. The minimum Gasteiger partial charge on any atom is -0.491 e. The number of carboxylic acid groups (broad SMARTS) is 1. The van der Waals surface area contributed by atoms with Crippen LogP contribution in [0.3, 0.4) is 0 Å². The van der Waals surface area contributed by atoms with Crippen molar-refractivity contribution in [3.05, 3.63) is 22.6 Å². The Hall–Kier alpha value is -3.64. The van der Waals surface area contributed by atoms with Gasteiger partial charge in [0.1, 0.15) is 16.6 Å². The van der Waals surface area contributed by atoms with Gasteiger partial charge in [-0.15, -0.1) is 16.9 Å². The molecule has 18 heteroatoms. The standard InChI is InChI=1S/C17H18N8O8S2/c1-24-16(20-22-23-24)35-5-6-4-34-15-17(32-2,14(31)25(15)10(6)13(29)30)19-8(26)3-7-9(11(18)27)12(28)21-33-7/h15H,3-5H2,1-2H3,(H2,18,27)(H,19,26)(H,21,28)(H,29,30)/t15-,17+/m1/s1. The van der Waals surface area contributed by atoms with Crippen molar-refractivity contribution in [2.45, 2.75) is 22.7 Å². The molecule has 16 nitrogen and oxygen atoms in total. The third-order valence-electron chi connectivity index (χ3n) is 5.23. The molecule has 1 saturated heterocycles. The third kappa shape index (κ3) is 4.08. The van der Waals surface area contributed by atoms with Crippen LogP contribution in [0.25, 0.3) is 0 Å². The summed E-state index contributed by atoms with van der Waals surface area (Å²) in [5.74, 6) is -4.59. The second-order valence-electron chi connectivity index (χ2n) is 7.30. The highest BCUT2D eigenvalue weighted by Gasteiger charge is 2.66. The van der Waals surface area contributed by atoms with E-state index in [1.807, 2.05) is 0 Å². The molecule has 2 aromatic heterocycles. The number of aromatic nitrogens is 5. The normalized spacial score (nSPS) is 21.5. The molecule has 0 saturated carbocycles. The number of nitrogens with zero attached hydrogens (tertiary/aromatic N) is 6. The number of rotatable bonds is 9. The van der Waals surface area contributed by atoms with Gasteiger partial charge in [0, 0.05) is 25.7 Å². The molecule has 35 heavy (non-hydrogen) atoms. The summed E-state index contributed by atoms with van der Waals surface area (Å²) < 4.78 is 11.6. The van der Waals surface area contributed by atoms with Crippen molar-refractivity contribution in [3.63, 3.8) is 0 Å². The van der Waals surface area contributed by atoms with Crippen LogP contribution < -0.4 is 11.1 Å². The Bertz CT molecular complexity index is 1260. The molecule has 2 aliphatic rings. The summed E-state index contributed by atoms with van der Waals surface area (Å²) >= 11 is 2.41. The second-order valence-corrected chi connectivity index (χ2v) is 9.31. The van der Waals surface area contributed by atoms with Crippen LogP contribution in [-0.4, -0.2) is 93.9 Å². The van der Waals surface area contributed by atoms with Gasteiger partial charge < -0.3 is 30.5 Å². The summed E-state index contributed by atoms with van der Waals surface area (Å²) in [7, 11) is 2.84. The Morgan fingerprint density at radius 1 is 1.43 bits per heavy atom. The fourth-order valence-corrected chi connectivity index (χ4v) is 6.06. The van der Waals surface area contributed by atoms with Crippen LogP contribution in [0.1, 0.15) is 16.1 Å². The maximum Gasteiger partial charge on any atom is 0.352 e. The molecular formula is C17H18N8O8S2. The van der Waals surface area contributed by atoms with Gasteiger partial charge in [-0.3, -0.25) is 19.3 Å². The third-order valence-corrected chi connectivity index (χ3v) is 7.70. The number of aryl methyl sites for hydroxylation is 1. The minimum atomic E-state index is -1.86. The molecule has 4 heterocycles. The number of carbonyl (C=O) groups is 4. The highest BCUT2D eigenvalue weighted by Crippen LogP contribution is 2.47. The van der Waals surface area contributed by atoms with Crippen LogP contribution in [0, 0.1) is 0 Å². The summed E-state index contributed by atoms with van der Waals surface area (Å²) in [5.41, 5.74) is 3.11. The first-order valence-electron chi connectivity index (χ1n) is 9.69. The first-order valence-corrected chi connectivity index (χ1v) is 11.7. The van der Waals surface area contributed by atoms with Crippen LogP contribution in [0.2, 0.25) is 0 Å². The average molecular weight is 527 g/mol. The average Bonchev–Trinajstić information content (AvgIpc) is 3.39. The van der Waals surface area contributed by atoms with E-state index in [2.05, 4.69) is 26.0 Å². The molecule has 5 N–H and O–H groups in total. The number of methoxy groups -OCH3 is 1. The predicted octanol–water partition coefficient (Wildman–Crippen LogP) is -1.95. The molecule has 0 spiro atoms. The van der Waals surface area contributed by atoms with Gasteiger partial charge in [0.15, 0.2) is 5.76 Å². The van der Waals surface area contributed by atoms with Gasteiger partial charge in [-0.1, -0.05) is 11.8 Å². The van der Waals surface area contributed by atoms with Gasteiger partial charge in [0.25, 0.3) is 23.4 Å². The number of tetrazole rings is 1. The van der Waals surface area contributed by atoms with Gasteiger partial charge in [-0.2, -0.15) is 0 Å². The molecule has 2 aromatic rings. The topological polar surface area (TPSA) is 229 Å².